The molecular formula is C12H15NO5. The summed E-state index contributed by atoms with van der Waals surface area (Å²) in [5, 5.41) is 2.48. The fourth-order valence-electron chi connectivity index (χ4n) is 1.52. The second-order valence-corrected chi connectivity index (χ2v) is 3.71. The van der Waals surface area contributed by atoms with E-state index in [9.17, 15) is 14.4 Å². The van der Waals surface area contributed by atoms with Crippen LogP contribution in [0, 0.1) is 0 Å². The fraction of sp³-hybridized carbons (Fsp3) is 0.500. The van der Waals surface area contributed by atoms with E-state index in [1.165, 1.54) is 13.2 Å². The Bertz CT molecular complexity index is 422. The molecule has 6 nitrogen and oxygen atoms in total. The van der Waals surface area contributed by atoms with E-state index in [1.807, 2.05) is 0 Å². The lowest BCUT2D eigenvalue weighted by Crippen LogP contribution is -2.53. The molecule has 1 rings (SSSR count). The molecule has 1 aliphatic carbocycles. The molecule has 0 aromatic heterocycles. The van der Waals surface area contributed by atoms with E-state index in [2.05, 4.69) is 15.8 Å². The molecule has 0 fully saturated rings. The number of esters is 2. The summed E-state index contributed by atoms with van der Waals surface area (Å²) in [6, 6.07) is 0. The lowest BCUT2D eigenvalue weighted by atomic mass is 9.98. The van der Waals surface area contributed by atoms with Gasteiger partial charge in [-0.2, -0.15) is 0 Å². The van der Waals surface area contributed by atoms with Crippen molar-refractivity contribution in [1.29, 1.82) is 0 Å². The van der Waals surface area contributed by atoms with Crippen molar-refractivity contribution in [3.63, 3.8) is 0 Å². The Morgan fingerprint density at radius 1 is 1.44 bits per heavy atom. The van der Waals surface area contributed by atoms with Crippen molar-refractivity contribution in [1.82, 2.24) is 5.32 Å². The van der Waals surface area contributed by atoms with Crippen LogP contribution in [0.4, 0.5) is 0 Å². The summed E-state index contributed by atoms with van der Waals surface area (Å²) in [4.78, 5) is 34.4. The van der Waals surface area contributed by atoms with Crippen LogP contribution in [0.3, 0.4) is 0 Å². The van der Waals surface area contributed by atoms with Crippen LogP contribution in [-0.2, 0) is 23.9 Å². The highest BCUT2D eigenvalue weighted by Gasteiger charge is 2.40. The number of ether oxygens (including phenoxy) is 2. The summed E-state index contributed by atoms with van der Waals surface area (Å²) < 4.78 is 9.28. The summed E-state index contributed by atoms with van der Waals surface area (Å²) in [6.45, 7) is 1.88. The smallest absolute Gasteiger partial charge is 0.336 e. The van der Waals surface area contributed by atoms with Crippen LogP contribution >= 0.6 is 0 Å². The Kier molecular flexibility index (Phi) is 4.68. The van der Waals surface area contributed by atoms with E-state index in [4.69, 9.17) is 4.74 Å². The molecule has 0 aliphatic heterocycles. The molecule has 1 amide bonds. The summed E-state index contributed by atoms with van der Waals surface area (Å²) >= 11 is 0. The van der Waals surface area contributed by atoms with Gasteiger partial charge >= 0.3 is 11.9 Å². The average Bonchev–Trinajstić information content (AvgIpc) is 2.78. The van der Waals surface area contributed by atoms with Gasteiger partial charge in [0.15, 0.2) is 5.54 Å². The van der Waals surface area contributed by atoms with Crippen LogP contribution in [0.5, 0.6) is 0 Å². The molecule has 98 valence electrons. The molecule has 1 aliphatic rings. The first-order valence-corrected chi connectivity index (χ1v) is 5.51. The van der Waals surface area contributed by atoms with Crippen LogP contribution in [0.1, 0.15) is 19.8 Å². The van der Waals surface area contributed by atoms with E-state index >= 15 is 0 Å². The summed E-state index contributed by atoms with van der Waals surface area (Å²) in [7, 11) is 1.19. The molecular weight excluding hydrogens is 238 g/mol. The van der Waals surface area contributed by atoms with Crippen molar-refractivity contribution in [3.8, 4) is 0 Å². The number of carbonyl (C=O) groups excluding carboxylic acids is 3. The minimum Gasteiger partial charge on any atom is -0.469 e. The normalized spacial score (nSPS) is 20.6. The zero-order chi connectivity index (χ0) is 13.6. The average molecular weight is 253 g/mol. The number of rotatable bonds is 5. The summed E-state index contributed by atoms with van der Waals surface area (Å²) in [6.07, 6.45) is 2.87. The second kappa shape index (κ2) is 6.02. The van der Waals surface area contributed by atoms with Gasteiger partial charge in [-0.3, -0.25) is 9.59 Å². The lowest BCUT2D eigenvalue weighted by molar-refractivity contribution is -0.152. The van der Waals surface area contributed by atoms with Gasteiger partial charge < -0.3 is 14.8 Å². The number of nitrogens with one attached hydrogen (secondary N) is 1. The van der Waals surface area contributed by atoms with Gasteiger partial charge in [-0.25, -0.2) is 4.79 Å². The van der Waals surface area contributed by atoms with Crippen molar-refractivity contribution in [3.05, 3.63) is 17.9 Å². The summed E-state index contributed by atoms with van der Waals surface area (Å²) in [5.74, 6) is -1.82. The number of methoxy groups -OCH3 is 1. The molecule has 0 aromatic rings. The molecule has 1 unspecified atom stereocenters. The third kappa shape index (κ3) is 3.21. The van der Waals surface area contributed by atoms with Crippen molar-refractivity contribution in [2.45, 2.75) is 25.3 Å². The van der Waals surface area contributed by atoms with Gasteiger partial charge in [0.2, 0.25) is 5.91 Å². The molecule has 18 heavy (non-hydrogen) atoms. The van der Waals surface area contributed by atoms with Gasteiger partial charge in [0, 0.05) is 6.42 Å². The van der Waals surface area contributed by atoms with Gasteiger partial charge in [-0.15, -0.1) is 5.73 Å². The summed E-state index contributed by atoms with van der Waals surface area (Å²) in [5.41, 5.74) is 1.49. The fourth-order valence-corrected chi connectivity index (χ4v) is 1.52. The van der Waals surface area contributed by atoms with E-state index in [0.29, 0.717) is 0 Å². The number of carbonyl (C=O) groups is 3. The molecule has 0 aromatic carbocycles. The minimum absolute atomic E-state index is 0.210. The van der Waals surface area contributed by atoms with Crippen molar-refractivity contribution < 1.29 is 23.9 Å². The number of hydrogen-bond donors (Lipinski definition) is 1. The predicted octanol–water partition coefficient (Wildman–Crippen LogP) is 0.0826. The lowest BCUT2D eigenvalue weighted by Gasteiger charge is -2.25. The van der Waals surface area contributed by atoms with Gasteiger partial charge in [0.25, 0.3) is 0 Å². The highest BCUT2D eigenvalue weighted by atomic mass is 16.5. The highest BCUT2D eigenvalue weighted by molar-refractivity contribution is 5.98. The number of hydrogen-bond acceptors (Lipinski definition) is 5. The first-order chi connectivity index (χ1) is 8.54. The second-order valence-electron chi connectivity index (χ2n) is 3.71. The van der Waals surface area contributed by atoms with Crippen molar-refractivity contribution in [2.75, 3.05) is 13.7 Å². The first-order valence-electron chi connectivity index (χ1n) is 5.51. The molecule has 6 heteroatoms. The standard InChI is InChI=1S/C12H15NO5/c1-3-18-11(16)12(6-4-5-7-12)13-9(14)8-10(15)17-2/h4,7H,3,6,8H2,1-2H3,(H,13,14). The number of amides is 1. The van der Waals surface area contributed by atoms with Crippen molar-refractivity contribution >= 4 is 17.8 Å². The minimum atomic E-state index is -1.25. The van der Waals surface area contributed by atoms with Crippen LogP contribution in [0.15, 0.2) is 17.9 Å². The topological polar surface area (TPSA) is 81.7 Å². The Morgan fingerprint density at radius 2 is 2.17 bits per heavy atom. The quantitative estimate of drug-likeness (QED) is 0.426. The third-order valence-corrected chi connectivity index (χ3v) is 2.41. The Labute approximate surface area is 105 Å². The van der Waals surface area contributed by atoms with Gasteiger partial charge in [-0.05, 0) is 19.1 Å². The molecule has 1 atom stereocenters. The van der Waals surface area contributed by atoms with Crippen LogP contribution in [0.25, 0.3) is 0 Å². The molecule has 0 bridgehead atoms. The maximum atomic E-state index is 11.8. The largest absolute Gasteiger partial charge is 0.469 e. The zero-order valence-electron chi connectivity index (χ0n) is 10.3. The van der Waals surface area contributed by atoms with E-state index in [-0.39, 0.29) is 13.0 Å². The molecule has 0 radical (unpaired) electrons. The predicted molar refractivity (Wildman–Crippen MR) is 61.4 cm³/mol. The SMILES string of the molecule is CCOC(=O)C1(NC(=O)CC(=O)OC)C=C=CC1. The Balaban J connectivity index is 2.70. The van der Waals surface area contributed by atoms with E-state index in [1.54, 1.807) is 13.0 Å². The molecule has 1 N–H and O–H groups in total. The van der Waals surface area contributed by atoms with Crippen LogP contribution in [-0.4, -0.2) is 37.1 Å². The Hall–Kier alpha value is -2.07. The molecule has 0 spiro atoms. The zero-order valence-corrected chi connectivity index (χ0v) is 10.3. The monoisotopic (exact) mass is 253 g/mol. The van der Waals surface area contributed by atoms with E-state index < -0.39 is 29.8 Å². The van der Waals surface area contributed by atoms with Gasteiger partial charge in [-0.1, -0.05) is 0 Å². The van der Waals surface area contributed by atoms with Gasteiger partial charge in [0.05, 0.1) is 13.7 Å². The highest BCUT2D eigenvalue weighted by Crippen LogP contribution is 2.20. The molecule has 0 heterocycles. The van der Waals surface area contributed by atoms with Crippen molar-refractivity contribution in [2.24, 2.45) is 0 Å². The van der Waals surface area contributed by atoms with Crippen LogP contribution in [0.2, 0.25) is 0 Å². The van der Waals surface area contributed by atoms with Gasteiger partial charge in [0.1, 0.15) is 6.42 Å². The third-order valence-electron chi connectivity index (χ3n) is 2.41. The maximum absolute atomic E-state index is 11.8. The van der Waals surface area contributed by atoms with Crippen LogP contribution < -0.4 is 5.32 Å². The molecule has 0 saturated heterocycles. The van der Waals surface area contributed by atoms with E-state index in [0.717, 1.165) is 0 Å². The Morgan fingerprint density at radius 3 is 2.67 bits per heavy atom. The molecule has 0 saturated carbocycles. The maximum Gasteiger partial charge on any atom is 0.336 e. The first kappa shape index (κ1) is 14.0.